The van der Waals surface area contributed by atoms with Crippen molar-refractivity contribution in [3.8, 4) is 0 Å². The summed E-state index contributed by atoms with van der Waals surface area (Å²) in [5.74, 6) is -1.28. The number of carboxylic acid groups (broad SMARTS) is 1. The van der Waals surface area contributed by atoms with E-state index in [1.165, 1.54) is 0 Å². The molecular weight excluding hydrogens is 266 g/mol. The lowest BCUT2D eigenvalue weighted by Gasteiger charge is -2.08. The van der Waals surface area contributed by atoms with Gasteiger partial charge in [-0.05, 0) is 24.5 Å². The van der Waals surface area contributed by atoms with Crippen LogP contribution < -0.4 is 5.32 Å². The minimum Gasteiger partial charge on any atom is -0.481 e. The number of rotatable bonds is 7. The quantitative estimate of drug-likeness (QED) is 0.756. The minimum absolute atomic E-state index is 0.101. The molecule has 0 aromatic heterocycles. The molecule has 0 radical (unpaired) electrons. The van der Waals surface area contributed by atoms with E-state index >= 15 is 0 Å². The van der Waals surface area contributed by atoms with Crippen LogP contribution in [0, 0.1) is 5.92 Å². The number of aliphatic carboxylic acids is 1. The lowest BCUT2D eigenvalue weighted by Crippen LogP contribution is -2.26. The SMILES string of the molecule is CC(CCCNC(=O)Cc1ccccc1Cl)C(=O)O. The largest absolute Gasteiger partial charge is 0.481 e. The summed E-state index contributed by atoms with van der Waals surface area (Å²) < 4.78 is 0. The van der Waals surface area contributed by atoms with Gasteiger partial charge in [0.2, 0.25) is 5.91 Å². The molecule has 1 atom stereocenters. The van der Waals surface area contributed by atoms with Crippen LogP contribution in [0.3, 0.4) is 0 Å². The fraction of sp³-hybridized carbons (Fsp3) is 0.429. The molecule has 19 heavy (non-hydrogen) atoms. The van der Waals surface area contributed by atoms with E-state index in [2.05, 4.69) is 5.32 Å². The third-order valence-electron chi connectivity index (χ3n) is 2.87. The number of carbonyl (C=O) groups excluding carboxylic acids is 1. The van der Waals surface area contributed by atoms with Crippen molar-refractivity contribution < 1.29 is 14.7 Å². The number of carboxylic acids is 1. The fourth-order valence-corrected chi connectivity index (χ4v) is 1.84. The third kappa shape index (κ3) is 5.75. The predicted molar refractivity (Wildman–Crippen MR) is 74.2 cm³/mol. The van der Waals surface area contributed by atoms with Crippen molar-refractivity contribution in [1.29, 1.82) is 0 Å². The molecule has 104 valence electrons. The van der Waals surface area contributed by atoms with Crippen molar-refractivity contribution in [2.75, 3.05) is 6.54 Å². The van der Waals surface area contributed by atoms with Gasteiger partial charge in [-0.1, -0.05) is 36.7 Å². The van der Waals surface area contributed by atoms with Crippen LogP contribution in [-0.4, -0.2) is 23.5 Å². The van der Waals surface area contributed by atoms with Crippen molar-refractivity contribution in [2.45, 2.75) is 26.2 Å². The van der Waals surface area contributed by atoms with Crippen LogP contribution in [0.5, 0.6) is 0 Å². The minimum atomic E-state index is -0.803. The maximum Gasteiger partial charge on any atom is 0.306 e. The van der Waals surface area contributed by atoms with Gasteiger partial charge >= 0.3 is 5.97 Å². The predicted octanol–water partition coefficient (Wildman–Crippen LogP) is 2.50. The molecule has 0 saturated heterocycles. The average Bonchev–Trinajstić information content (AvgIpc) is 2.37. The number of carbonyl (C=O) groups is 2. The number of nitrogens with one attached hydrogen (secondary N) is 1. The van der Waals surface area contributed by atoms with Crippen LogP contribution in [0.15, 0.2) is 24.3 Å². The highest BCUT2D eigenvalue weighted by atomic mass is 35.5. The van der Waals surface area contributed by atoms with E-state index in [1.807, 2.05) is 18.2 Å². The Morgan fingerprint density at radius 2 is 2.05 bits per heavy atom. The molecule has 0 spiro atoms. The van der Waals surface area contributed by atoms with E-state index in [0.29, 0.717) is 24.4 Å². The lowest BCUT2D eigenvalue weighted by molar-refractivity contribution is -0.141. The van der Waals surface area contributed by atoms with E-state index in [1.54, 1.807) is 13.0 Å². The van der Waals surface area contributed by atoms with Gasteiger partial charge in [0.25, 0.3) is 0 Å². The molecule has 0 heterocycles. The molecule has 1 rings (SSSR count). The molecule has 1 amide bonds. The van der Waals surface area contributed by atoms with Crippen molar-refractivity contribution in [2.24, 2.45) is 5.92 Å². The first kappa shape index (κ1) is 15.5. The first-order valence-electron chi connectivity index (χ1n) is 6.23. The van der Waals surface area contributed by atoms with E-state index in [0.717, 1.165) is 5.56 Å². The van der Waals surface area contributed by atoms with Gasteiger partial charge in [0.15, 0.2) is 0 Å². The second-order valence-electron chi connectivity index (χ2n) is 4.50. The second-order valence-corrected chi connectivity index (χ2v) is 4.91. The standard InChI is InChI=1S/C14H18ClNO3/c1-10(14(18)19)5-4-8-16-13(17)9-11-6-2-3-7-12(11)15/h2-3,6-7,10H,4-5,8-9H2,1H3,(H,16,17)(H,18,19). The monoisotopic (exact) mass is 283 g/mol. The summed E-state index contributed by atoms with van der Waals surface area (Å²) in [6, 6.07) is 7.22. The Hall–Kier alpha value is -1.55. The maximum atomic E-state index is 11.7. The molecule has 1 unspecified atom stereocenters. The Bertz CT molecular complexity index is 448. The first-order chi connectivity index (χ1) is 9.00. The zero-order valence-electron chi connectivity index (χ0n) is 10.9. The highest BCUT2D eigenvalue weighted by molar-refractivity contribution is 6.31. The Labute approximate surface area is 117 Å². The van der Waals surface area contributed by atoms with E-state index in [4.69, 9.17) is 16.7 Å². The molecular formula is C14H18ClNO3. The summed E-state index contributed by atoms with van der Waals surface area (Å²) in [5.41, 5.74) is 0.792. The number of halogens is 1. The van der Waals surface area contributed by atoms with Crippen LogP contribution in [-0.2, 0) is 16.0 Å². The zero-order valence-corrected chi connectivity index (χ0v) is 11.6. The van der Waals surface area contributed by atoms with Crippen molar-refractivity contribution in [1.82, 2.24) is 5.32 Å². The van der Waals surface area contributed by atoms with Crippen LogP contribution >= 0.6 is 11.6 Å². The van der Waals surface area contributed by atoms with Crippen LogP contribution in [0.2, 0.25) is 5.02 Å². The first-order valence-corrected chi connectivity index (χ1v) is 6.61. The van der Waals surface area contributed by atoms with Crippen LogP contribution in [0.25, 0.3) is 0 Å². The summed E-state index contributed by atoms with van der Waals surface area (Å²) in [5, 5.41) is 12.1. The number of hydrogen-bond acceptors (Lipinski definition) is 2. The zero-order chi connectivity index (χ0) is 14.3. The Kier molecular flexibility index (Phi) is 6.36. The molecule has 0 aliphatic heterocycles. The van der Waals surface area contributed by atoms with Crippen molar-refractivity contribution in [3.05, 3.63) is 34.9 Å². The molecule has 0 bridgehead atoms. The lowest BCUT2D eigenvalue weighted by atomic mass is 10.1. The van der Waals surface area contributed by atoms with E-state index in [9.17, 15) is 9.59 Å². The van der Waals surface area contributed by atoms with E-state index in [-0.39, 0.29) is 18.2 Å². The molecule has 4 nitrogen and oxygen atoms in total. The van der Waals surface area contributed by atoms with E-state index < -0.39 is 5.97 Å². The summed E-state index contributed by atoms with van der Waals surface area (Å²) in [6.45, 7) is 2.15. The van der Waals surface area contributed by atoms with Gasteiger partial charge < -0.3 is 10.4 Å². The molecule has 0 aliphatic carbocycles. The molecule has 2 N–H and O–H groups in total. The third-order valence-corrected chi connectivity index (χ3v) is 3.24. The number of benzene rings is 1. The van der Waals surface area contributed by atoms with Gasteiger partial charge in [0.05, 0.1) is 12.3 Å². The molecule has 0 fully saturated rings. The topological polar surface area (TPSA) is 66.4 Å². The molecule has 1 aromatic carbocycles. The van der Waals surface area contributed by atoms with Gasteiger partial charge in [-0.25, -0.2) is 0 Å². The van der Waals surface area contributed by atoms with Gasteiger partial charge in [-0.15, -0.1) is 0 Å². The number of hydrogen-bond donors (Lipinski definition) is 2. The van der Waals surface area contributed by atoms with Crippen LogP contribution in [0.1, 0.15) is 25.3 Å². The normalized spacial score (nSPS) is 11.9. The molecule has 0 aliphatic rings. The second kappa shape index (κ2) is 7.79. The fourth-order valence-electron chi connectivity index (χ4n) is 1.64. The summed E-state index contributed by atoms with van der Waals surface area (Å²) >= 11 is 5.96. The van der Waals surface area contributed by atoms with Gasteiger partial charge in [0.1, 0.15) is 0 Å². The maximum absolute atomic E-state index is 11.7. The highest BCUT2D eigenvalue weighted by Gasteiger charge is 2.10. The highest BCUT2D eigenvalue weighted by Crippen LogP contribution is 2.15. The van der Waals surface area contributed by atoms with Gasteiger partial charge in [-0.2, -0.15) is 0 Å². The van der Waals surface area contributed by atoms with Crippen LogP contribution in [0.4, 0.5) is 0 Å². The molecule has 1 aromatic rings. The summed E-state index contributed by atoms with van der Waals surface area (Å²) in [7, 11) is 0. The van der Waals surface area contributed by atoms with Gasteiger partial charge in [-0.3, -0.25) is 9.59 Å². The smallest absolute Gasteiger partial charge is 0.306 e. The van der Waals surface area contributed by atoms with Crippen molar-refractivity contribution >= 4 is 23.5 Å². The Balaban J connectivity index is 2.26. The number of amides is 1. The Morgan fingerprint density at radius 3 is 2.68 bits per heavy atom. The van der Waals surface area contributed by atoms with Crippen molar-refractivity contribution in [3.63, 3.8) is 0 Å². The average molecular weight is 284 g/mol. The molecule has 5 heteroatoms. The summed E-state index contributed by atoms with van der Waals surface area (Å²) in [4.78, 5) is 22.3. The Morgan fingerprint density at radius 1 is 1.37 bits per heavy atom. The van der Waals surface area contributed by atoms with Gasteiger partial charge in [0, 0.05) is 11.6 Å². The molecule has 0 saturated carbocycles. The summed E-state index contributed by atoms with van der Waals surface area (Å²) in [6.07, 6.45) is 1.46.